The molecule has 0 atom stereocenters. The Morgan fingerprint density at radius 1 is 1.00 bits per heavy atom. The molecule has 0 aliphatic rings. The highest BCUT2D eigenvalue weighted by Crippen LogP contribution is 2.24. The number of halogens is 2. The minimum absolute atomic E-state index is 0.0134. The van der Waals surface area contributed by atoms with Gasteiger partial charge in [0.2, 0.25) is 0 Å². The number of hydrogen-bond acceptors (Lipinski definition) is 4. The number of amides is 1. The molecule has 0 aliphatic carbocycles. The van der Waals surface area contributed by atoms with Crippen LogP contribution in [0.5, 0.6) is 0 Å². The van der Waals surface area contributed by atoms with Crippen molar-refractivity contribution in [2.45, 2.75) is 6.92 Å². The van der Waals surface area contributed by atoms with Crippen molar-refractivity contribution in [2.24, 2.45) is 0 Å². The van der Waals surface area contributed by atoms with Crippen LogP contribution in [-0.2, 0) is 9.53 Å². The zero-order valence-corrected chi connectivity index (χ0v) is 14.1. The molecule has 1 amide bonds. The van der Waals surface area contributed by atoms with Gasteiger partial charge < -0.3 is 10.1 Å². The van der Waals surface area contributed by atoms with Crippen LogP contribution in [0.4, 0.5) is 5.69 Å². The first-order valence-corrected chi connectivity index (χ1v) is 7.66. The van der Waals surface area contributed by atoms with Crippen LogP contribution in [0, 0.1) is 0 Å². The van der Waals surface area contributed by atoms with E-state index in [1.807, 2.05) is 0 Å². The number of benzene rings is 2. The average molecular weight is 366 g/mol. The molecule has 0 radical (unpaired) electrons. The molecule has 2 aromatic rings. The maximum atomic E-state index is 12.0. The van der Waals surface area contributed by atoms with Crippen molar-refractivity contribution in [3.8, 4) is 0 Å². The fourth-order valence-electron chi connectivity index (χ4n) is 1.88. The molecule has 24 heavy (non-hydrogen) atoms. The fraction of sp³-hybridized carbons (Fsp3) is 0.118. The third-order valence-corrected chi connectivity index (χ3v) is 3.71. The zero-order valence-electron chi connectivity index (χ0n) is 12.6. The van der Waals surface area contributed by atoms with Crippen LogP contribution in [0.15, 0.2) is 42.5 Å². The number of nitrogens with one attached hydrogen (secondary N) is 1. The van der Waals surface area contributed by atoms with Gasteiger partial charge in [0.15, 0.2) is 12.4 Å². The molecule has 5 nitrogen and oxygen atoms in total. The highest BCUT2D eigenvalue weighted by Gasteiger charge is 2.17. The smallest absolute Gasteiger partial charge is 0.341 e. The number of ether oxygens (including phenoxy) is 1. The Morgan fingerprint density at radius 2 is 1.58 bits per heavy atom. The monoisotopic (exact) mass is 365 g/mol. The SMILES string of the molecule is CC(=O)c1ccc(NC(=O)COC(=O)c2c(Cl)cccc2Cl)cc1. The molecule has 124 valence electrons. The molecule has 0 fully saturated rings. The summed E-state index contributed by atoms with van der Waals surface area (Å²) in [5.74, 6) is -1.38. The molecule has 0 aromatic heterocycles. The number of carbonyl (C=O) groups excluding carboxylic acids is 3. The summed E-state index contributed by atoms with van der Waals surface area (Å²) in [5.41, 5.74) is 1.03. The lowest BCUT2D eigenvalue weighted by Gasteiger charge is -2.09. The number of esters is 1. The lowest BCUT2D eigenvalue weighted by molar-refractivity contribution is -0.119. The number of carbonyl (C=O) groups is 3. The maximum Gasteiger partial charge on any atom is 0.341 e. The summed E-state index contributed by atoms with van der Waals surface area (Å²) in [5, 5.41) is 2.84. The molecule has 0 heterocycles. The van der Waals surface area contributed by atoms with E-state index in [-0.39, 0.29) is 21.4 Å². The molecule has 2 rings (SSSR count). The molecule has 7 heteroatoms. The van der Waals surface area contributed by atoms with E-state index in [2.05, 4.69) is 5.32 Å². The summed E-state index contributed by atoms with van der Waals surface area (Å²) >= 11 is 11.8. The first kappa shape index (κ1) is 18.0. The van der Waals surface area contributed by atoms with Crippen LogP contribution in [0.1, 0.15) is 27.6 Å². The Bertz CT molecular complexity index is 767. The Balaban J connectivity index is 1.93. The van der Waals surface area contributed by atoms with Gasteiger partial charge in [-0.25, -0.2) is 4.79 Å². The molecule has 0 unspecified atom stereocenters. The second-order valence-corrected chi connectivity index (χ2v) is 5.67. The quantitative estimate of drug-likeness (QED) is 0.642. The average Bonchev–Trinajstić information content (AvgIpc) is 2.53. The van der Waals surface area contributed by atoms with E-state index in [0.29, 0.717) is 11.3 Å². The molecule has 1 N–H and O–H groups in total. The van der Waals surface area contributed by atoms with E-state index in [0.717, 1.165) is 0 Å². The van der Waals surface area contributed by atoms with Crippen molar-refractivity contribution in [1.29, 1.82) is 0 Å². The van der Waals surface area contributed by atoms with Crippen molar-refractivity contribution in [3.63, 3.8) is 0 Å². The maximum absolute atomic E-state index is 12.0. The molecule has 0 saturated heterocycles. The second-order valence-electron chi connectivity index (χ2n) is 4.85. The minimum atomic E-state index is -0.785. The predicted molar refractivity (Wildman–Crippen MR) is 91.8 cm³/mol. The van der Waals surface area contributed by atoms with Crippen LogP contribution in [-0.4, -0.2) is 24.3 Å². The standard InChI is InChI=1S/C17H13Cl2NO4/c1-10(21)11-5-7-12(8-6-11)20-15(22)9-24-17(23)16-13(18)3-2-4-14(16)19/h2-8H,9H2,1H3,(H,20,22). The van der Waals surface area contributed by atoms with E-state index in [1.165, 1.54) is 19.1 Å². The third kappa shape index (κ3) is 4.57. The van der Waals surface area contributed by atoms with Crippen molar-refractivity contribution in [3.05, 3.63) is 63.6 Å². The van der Waals surface area contributed by atoms with Gasteiger partial charge in [0.05, 0.1) is 15.6 Å². The number of hydrogen-bond donors (Lipinski definition) is 1. The predicted octanol–water partition coefficient (Wildman–Crippen LogP) is 3.99. The highest BCUT2D eigenvalue weighted by atomic mass is 35.5. The summed E-state index contributed by atoms with van der Waals surface area (Å²) < 4.78 is 4.91. The van der Waals surface area contributed by atoms with E-state index < -0.39 is 18.5 Å². The van der Waals surface area contributed by atoms with Gasteiger partial charge in [-0.1, -0.05) is 29.3 Å². The molecule has 0 spiro atoms. The number of rotatable bonds is 5. The van der Waals surface area contributed by atoms with Gasteiger partial charge in [-0.3, -0.25) is 9.59 Å². The summed E-state index contributed by atoms with van der Waals surface area (Å²) in [6.45, 7) is 0.960. The van der Waals surface area contributed by atoms with Gasteiger partial charge in [-0.2, -0.15) is 0 Å². The van der Waals surface area contributed by atoms with Crippen molar-refractivity contribution < 1.29 is 19.1 Å². The van der Waals surface area contributed by atoms with Crippen LogP contribution < -0.4 is 5.32 Å². The van der Waals surface area contributed by atoms with Gasteiger partial charge >= 0.3 is 5.97 Å². The van der Waals surface area contributed by atoms with Gasteiger partial charge in [-0.05, 0) is 43.3 Å². The molecule has 0 bridgehead atoms. The van der Waals surface area contributed by atoms with Gasteiger partial charge in [0.25, 0.3) is 5.91 Å². The fourth-order valence-corrected chi connectivity index (χ4v) is 2.43. The first-order valence-electron chi connectivity index (χ1n) is 6.90. The topological polar surface area (TPSA) is 72.5 Å². The number of anilines is 1. The lowest BCUT2D eigenvalue weighted by Crippen LogP contribution is -2.21. The zero-order chi connectivity index (χ0) is 17.7. The van der Waals surface area contributed by atoms with Crippen LogP contribution in [0.3, 0.4) is 0 Å². The van der Waals surface area contributed by atoms with Gasteiger partial charge in [0, 0.05) is 11.3 Å². The summed E-state index contributed by atoms with van der Waals surface area (Å²) in [7, 11) is 0. The van der Waals surface area contributed by atoms with E-state index in [9.17, 15) is 14.4 Å². The van der Waals surface area contributed by atoms with Gasteiger partial charge in [-0.15, -0.1) is 0 Å². The molecule has 0 aliphatic heterocycles. The Labute approximate surface area is 148 Å². The van der Waals surface area contributed by atoms with Crippen molar-refractivity contribution >= 4 is 46.5 Å². The Morgan fingerprint density at radius 3 is 2.12 bits per heavy atom. The normalized spacial score (nSPS) is 10.1. The van der Waals surface area contributed by atoms with Crippen molar-refractivity contribution in [1.82, 2.24) is 0 Å². The van der Waals surface area contributed by atoms with Gasteiger partial charge in [0.1, 0.15) is 0 Å². The van der Waals surface area contributed by atoms with E-state index >= 15 is 0 Å². The molecular formula is C17H13Cl2NO4. The first-order chi connectivity index (χ1) is 11.4. The lowest BCUT2D eigenvalue weighted by atomic mass is 10.1. The highest BCUT2D eigenvalue weighted by molar-refractivity contribution is 6.39. The van der Waals surface area contributed by atoms with E-state index in [4.69, 9.17) is 27.9 Å². The number of Topliss-reactive ketones (excluding diaryl/α,β-unsaturated/α-hetero) is 1. The largest absolute Gasteiger partial charge is 0.452 e. The summed E-state index contributed by atoms with van der Waals surface area (Å²) in [6.07, 6.45) is 0. The molecule has 2 aromatic carbocycles. The number of ketones is 1. The summed E-state index contributed by atoms with van der Waals surface area (Å²) in [4.78, 5) is 34.9. The Hall–Kier alpha value is -2.37. The third-order valence-electron chi connectivity index (χ3n) is 3.08. The van der Waals surface area contributed by atoms with Crippen LogP contribution >= 0.6 is 23.2 Å². The second kappa shape index (κ2) is 7.95. The molecular weight excluding hydrogens is 353 g/mol. The molecule has 0 saturated carbocycles. The minimum Gasteiger partial charge on any atom is -0.452 e. The van der Waals surface area contributed by atoms with Crippen LogP contribution in [0.25, 0.3) is 0 Å². The summed E-state index contributed by atoms with van der Waals surface area (Å²) in [6, 6.07) is 10.9. The Kier molecular flexibility index (Phi) is 5.95. The van der Waals surface area contributed by atoms with Crippen molar-refractivity contribution in [2.75, 3.05) is 11.9 Å². The van der Waals surface area contributed by atoms with Crippen LogP contribution in [0.2, 0.25) is 10.0 Å². The van der Waals surface area contributed by atoms with E-state index in [1.54, 1.807) is 30.3 Å².